The maximum absolute atomic E-state index is 13.4. The molecule has 1 atom stereocenters. The molecule has 1 unspecified atom stereocenters. The number of pyridine rings is 1. The van der Waals surface area contributed by atoms with Crippen molar-refractivity contribution in [1.82, 2.24) is 24.7 Å². The van der Waals surface area contributed by atoms with Gasteiger partial charge in [0.05, 0.1) is 21.1 Å². The second kappa shape index (κ2) is 9.11. The molecule has 0 bridgehead atoms. The number of nitrogens with zero attached hydrogens (tertiary/aromatic N) is 6. The molecule has 35 heavy (non-hydrogen) atoms. The van der Waals surface area contributed by atoms with Crippen LogP contribution in [-0.4, -0.2) is 29.7 Å². The molecule has 0 aliphatic heterocycles. The molecule has 0 aliphatic carbocycles. The highest BCUT2D eigenvalue weighted by atomic mass is 32.2. The van der Waals surface area contributed by atoms with Crippen molar-refractivity contribution < 1.29 is 9.34 Å². The second-order valence-corrected chi connectivity index (χ2v) is 9.06. The molecule has 10 nitrogen and oxygen atoms in total. The third-order valence-corrected chi connectivity index (χ3v) is 6.31. The Hall–Kier alpha value is -4.38. The number of nitro benzene ring substituents is 1. The summed E-state index contributed by atoms with van der Waals surface area (Å²) in [6, 6.07) is 16.7. The maximum Gasteiger partial charge on any atom is 0.269 e. The van der Waals surface area contributed by atoms with Gasteiger partial charge in [-0.2, -0.15) is 0 Å². The summed E-state index contributed by atoms with van der Waals surface area (Å²) in [7, 11) is 0. The van der Waals surface area contributed by atoms with Crippen LogP contribution in [0.5, 0.6) is 0 Å². The Labute approximate surface area is 202 Å². The minimum Gasteiger partial charge on any atom is -0.419 e. The van der Waals surface area contributed by atoms with Gasteiger partial charge in [0.2, 0.25) is 11.8 Å². The number of aromatic nitrogens is 5. The lowest BCUT2D eigenvalue weighted by Gasteiger charge is -2.14. The number of hydrogen-bond acceptors (Lipinski definition) is 9. The summed E-state index contributed by atoms with van der Waals surface area (Å²) in [5.74, 6) is 1.03. The zero-order valence-corrected chi connectivity index (χ0v) is 19.5. The summed E-state index contributed by atoms with van der Waals surface area (Å²) in [5, 5.41) is 19.7. The van der Waals surface area contributed by atoms with Crippen LogP contribution in [0.1, 0.15) is 23.6 Å². The van der Waals surface area contributed by atoms with E-state index in [0.29, 0.717) is 33.3 Å². The number of hydrogen-bond donors (Lipinski definition) is 0. The van der Waals surface area contributed by atoms with Gasteiger partial charge in [0, 0.05) is 23.9 Å². The molecule has 5 rings (SSSR count). The van der Waals surface area contributed by atoms with E-state index in [1.807, 2.05) is 26.0 Å². The Morgan fingerprint density at radius 3 is 2.54 bits per heavy atom. The normalized spacial score (nSPS) is 12.1. The molecule has 0 spiro atoms. The Morgan fingerprint density at radius 1 is 1.06 bits per heavy atom. The highest BCUT2D eigenvalue weighted by molar-refractivity contribution is 7.99. The Morgan fingerprint density at radius 2 is 1.83 bits per heavy atom. The number of non-ortho nitro benzene ring substituents is 1. The molecule has 0 saturated heterocycles. The van der Waals surface area contributed by atoms with Gasteiger partial charge in [-0.3, -0.25) is 14.9 Å². The number of rotatable bonds is 6. The molecule has 0 saturated carbocycles. The van der Waals surface area contributed by atoms with Crippen molar-refractivity contribution in [3.63, 3.8) is 0 Å². The van der Waals surface area contributed by atoms with E-state index < -0.39 is 4.92 Å². The van der Waals surface area contributed by atoms with Gasteiger partial charge in [0.15, 0.2) is 5.16 Å². The summed E-state index contributed by atoms with van der Waals surface area (Å²) in [6.07, 6.45) is 1.70. The minimum atomic E-state index is -0.471. The molecule has 0 N–H and O–H groups in total. The Bertz CT molecular complexity index is 1600. The molecule has 2 aromatic carbocycles. The van der Waals surface area contributed by atoms with Gasteiger partial charge >= 0.3 is 0 Å². The average Bonchev–Trinajstić information content (AvgIpc) is 3.36. The van der Waals surface area contributed by atoms with Crippen molar-refractivity contribution in [3.05, 3.63) is 98.8 Å². The van der Waals surface area contributed by atoms with Gasteiger partial charge in [-0.1, -0.05) is 30.0 Å². The lowest BCUT2D eigenvalue weighted by atomic mass is 10.2. The molecular weight excluding hydrogens is 468 g/mol. The molecule has 3 aromatic heterocycles. The third-order valence-electron chi connectivity index (χ3n) is 5.27. The largest absolute Gasteiger partial charge is 0.419 e. The minimum absolute atomic E-state index is 0.0255. The zero-order chi connectivity index (χ0) is 24.5. The summed E-state index contributed by atoms with van der Waals surface area (Å²) >= 11 is 1.29. The van der Waals surface area contributed by atoms with E-state index in [9.17, 15) is 14.9 Å². The standard InChI is InChI=1S/C24H18N6O4S/c1-14-7-12-20(25-13-14)29-23(31)18-5-3-4-6-19(18)26-24(29)35-15(2)21-27-28-22(34-21)16-8-10-17(11-9-16)30(32)33/h3-13,15H,1-2H3. The van der Waals surface area contributed by atoms with Gasteiger partial charge in [-0.15, -0.1) is 10.2 Å². The first kappa shape index (κ1) is 22.4. The fourth-order valence-corrected chi connectivity index (χ4v) is 4.38. The number of aryl methyl sites for hydroxylation is 1. The van der Waals surface area contributed by atoms with Crippen LogP contribution >= 0.6 is 11.8 Å². The van der Waals surface area contributed by atoms with Crippen molar-refractivity contribution in [3.8, 4) is 17.3 Å². The predicted molar refractivity (Wildman–Crippen MR) is 131 cm³/mol. The number of benzene rings is 2. The first-order valence-corrected chi connectivity index (χ1v) is 11.5. The summed E-state index contributed by atoms with van der Waals surface area (Å²) in [6.45, 7) is 3.79. The first-order valence-electron chi connectivity index (χ1n) is 10.6. The molecule has 174 valence electrons. The van der Waals surface area contributed by atoms with Crippen molar-refractivity contribution in [2.75, 3.05) is 0 Å². The SMILES string of the molecule is Cc1ccc(-n2c(SC(C)c3nnc(-c4ccc([N+](=O)[O-])cc4)o3)nc3ccccc3c2=O)nc1. The fraction of sp³-hybridized carbons (Fsp3) is 0.125. The summed E-state index contributed by atoms with van der Waals surface area (Å²) < 4.78 is 7.32. The number of para-hydroxylation sites is 1. The second-order valence-electron chi connectivity index (χ2n) is 7.76. The predicted octanol–water partition coefficient (Wildman–Crippen LogP) is 4.90. The van der Waals surface area contributed by atoms with Crippen LogP contribution in [0.25, 0.3) is 28.2 Å². The van der Waals surface area contributed by atoms with Crippen LogP contribution in [0.4, 0.5) is 5.69 Å². The van der Waals surface area contributed by atoms with Gasteiger partial charge in [-0.25, -0.2) is 14.5 Å². The molecule has 0 radical (unpaired) electrons. The van der Waals surface area contributed by atoms with E-state index in [4.69, 9.17) is 9.40 Å². The number of fused-ring (bicyclic) bond motifs is 1. The lowest BCUT2D eigenvalue weighted by molar-refractivity contribution is -0.384. The zero-order valence-electron chi connectivity index (χ0n) is 18.7. The van der Waals surface area contributed by atoms with Gasteiger partial charge in [0.1, 0.15) is 5.82 Å². The molecule has 11 heteroatoms. The average molecular weight is 487 g/mol. The highest BCUT2D eigenvalue weighted by Crippen LogP contribution is 2.35. The van der Waals surface area contributed by atoms with Crippen molar-refractivity contribution in [1.29, 1.82) is 0 Å². The van der Waals surface area contributed by atoms with Gasteiger partial charge in [0.25, 0.3) is 11.2 Å². The van der Waals surface area contributed by atoms with E-state index >= 15 is 0 Å². The quantitative estimate of drug-likeness (QED) is 0.142. The fourth-order valence-electron chi connectivity index (χ4n) is 3.44. The van der Waals surface area contributed by atoms with Crippen LogP contribution in [0.2, 0.25) is 0 Å². The summed E-state index contributed by atoms with van der Waals surface area (Å²) in [5.41, 5.74) is 1.87. The lowest BCUT2D eigenvalue weighted by Crippen LogP contribution is -2.22. The Kier molecular flexibility index (Phi) is 5.83. The van der Waals surface area contributed by atoms with Crippen LogP contribution < -0.4 is 5.56 Å². The topological polar surface area (TPSA) is 130 Å². The van der Waals surface area contributed by atoms with E-state index in [0.717, 1.165) is 5.56 Å². The van der Waals surface area contributed by atoms with Crippen LogP contribution in [-0.2, 0) is 0 Å². The van der Waals surface area contributed by atoms with E-state index in [-0.39, 0.29) is 22.4 Å². The molecule has 0 fully saturated rings. The molecule has 5 aromatic rings. The molecular formula is C24H18N6O4S. The van der Waals surface area contributed by atoms with Gasteiger partial charge in [-0.05, 0) is 49.7 Å². The monoisotopic (exact) mass is 486 g/mol. The maximum atomic E-state index is 13.4. The number of thioether (sulfide) groups is 1. The van der Waals surface area contributed by atoms with Crippen LogP contribution in [0.3, 0.4) is 0 Å². The third kappa shape index (κ3) is 4.41. The first-order chi connectivity index (χ1) is 16.9. The molecule has 0 amide bonds. The Balaban J connectivity index is 1.51. The molecule has 0 aliphatic rings. The molecule has 3 heterocycles. The van der Waals surface area contributed by atoms with Crippen molar-refractivity contribution >= 4 is 28.4 Å². The van der Waals surface area contributed by atoms with E-state index in [1.54, 1.807) is 42.6 Å². The number of nitro groups is 1. The summed E-state index contributed by atoms with van der Waals surface area (Å²) in [4.78, 5) is 33.0. The van der Waals surface area contributed by atoms with E-state index in [1.165, 1.54) is 28.5 Å². The van der Waals surface area contributed by atoms with Crippen LogP contribution in [0, 0.1) is 17.0 Å². The van der Waals surface area contributed by atoms with Crippen molar-refractivity contribution in [2.45, 2.75) is 24.3 Å². The smallest absolute Gasteiger partial charge is 0.269 e. The van der Waals surface area contributed by atoms with E-state index in [2.05, 4.69) is 15.2 Å². The van der Waals surface area contributed by atoms with Crippen LogP contribution in [0.15, 0.2) is 81.2 Å². The van der Waals surface area contributed by atoms with Crippen molar-refractivity contribution in [2.24, 2.45) is 0 Å². The highest BCUT2D eigenvalue weighted by Gasteiger charge is 2.22. The van der Waals surface area contributed by atoms with Gasteiger partial charge < -0.3 is 4.42 Å².